The molecule has 4 fully saturated rings. The lowest BCUT2D eigenvalue weighted by atomic mass is 9.43. The Bertz CT molecular complexity index is 551. The largest absolute Gasteiger partial charge is 0.353 e. The van der Waals surface area contributed by atoms with Crippen LogP contribution in [0.3, 0.4) is 0 Å². The smallest absolute Gasteiger partial charge is 0.226 e. The Hall–Kier alpha value is -0.530. The van der Waals surface area contributed by atoms with Crippen molar-refractivity contribution in [3.05, 3.63) is 0 Å². The number of amides is 1. The van der Waals surface area contributed by atoms with Gasteiger partial charge in [-0.2, -0.15) is 0 Å². The van der Waals surface area contributed by atoms with Crippen LogP contribution in [0.15, 0.2) is 0 Å². The highest BCUT2D eigenvalue weighted by Gasteiger charge is 2.59. The number of rotatable bonds is 3. The summed E-state index contributed by atoms with van der Waals surface area (Å²) in [5.74, 6) is 4.56. The van der Waals surface area contributed by atoms with Gasteiger partial charge in [0.1, 0.15) is 0 Å². The quantitative estimate of drug-likeness (QED) is 0.614. The first-order valence-electron chi connectivity index (χ1n) is 12.2. The van der Waals surface area contributed by atoms with Crippen LogP contribution in [0.2, 0.25) is 0 Å². The van der Waals surface area contributed by atoms with Gasteiger partial charge in [-0.3, -0.25) is 4.79 Å². The van der Waals surface area contributed by atoms with Gasteiger partial charge in [-0.1, -0.05) is 47.0 Å². The predicted octanol–water partition coefficient (Wildman–Crippen LogP) is 6.34. The molecule has 0 spiro atoms. The van der Waals surface area contributed by atoms with Crippen molar-refractivity contribution >= 4 is 5.91 Å². The number of hydrogen-bond donors (Lipinski definition) is 1. The molecular formula is C25H43NO. The zero-order valence-electron chi connectivity index (χ0n) is 18.4. The molecule has 0 aromatic carbocycles. The monoisotopic (exact) mass is 373 g/mol. The summed E-state index contributed by atoms with van der Waals surface area (Å²) in [6.45, 7) is 9.76. The fourth-order valence-corrected chi connectivity index (χ4v) is 8.17. The molecule has 0 aromatic rings. The summed E-state index contributed by atoms with van der Waals surface area (Å²) in [6.07, 6.45) is 15.7. The third-order valence-corrected chi connectivity index (χ3v) is 9.82. The molecule has 154 valence electrons. The molecule has 0 heterocycles. The van der Waals surface area contributed by atoms with Crippen LogP contribution in [0.4, 0.5) is 0 Å². The van der Waals surface area contributed by atoms with Gasteiger partial charge in [-0.15, -0.1) is 0 Å². The van der Waals surface area contributed by atoms with Gasteiger partial charge in [-0.25, -0.2) is 0 Å². The van der Waals surface area contributed by atoms with Gasteiger partial charge in [0.25, 0.3) is 0 Å². The second-order valence-corrected chi connectivity index (χ2v) is 11.5. The van der Waals surface area contributed by atoms with Crippen LogP contribution in [-0.2, 0) is 4.79 Å². The molecule has 27 heavy (non-hydrogen) atoms. The summed E-state index contributed by atoms with van der Waals surface area (Å²) in [5.41, 5.74) is 0.264. The van der Waals surface area contributed by atoms with E-state index in [9.17, 15) is 4.79 Å². The third kappa shape index (κ3) is 3.38. The van der Waals surface area contributed by atoms with Gasteiger partial charge in [-0.05, 0) is 92.8 Å². The summed E-state index contributed by atoms with van der Waals surface area (Å²) in [6, 6.07) is 0.459. The van der Waals surface area contributed by atoms with Crippen LogP contribution in [-0.4, -0.2) is 11.9 Å². The zero-order valence-corrected chi connectivity index (χ0v) is 18.4. The summed E-state index contributed by atoms with van der Waals surface area (Å²) in [5, 5.41) is 3.49. The topological polar surface area (TPSA) is 29.1 Å². The van der Waals surface area contributed by atoms with E-state index in [1.165, 1.54) is 70.6 Å². The van der Waals surface area contributed by atoms with Crippen LogP contribution >= 0.6 is 0 Å². The minimum atomic E-state index is -0.130. The Balaban J connectivity index is 1.52. The first-order valence-corrected chi connectivity index (χ1v) is 12.2. The first kappa shape index (κ1) is 19.8. The Kier molecular flexibility index (Phi) is 5.40. The minimum Gasteiger partial charge on any atom is -0.353 e. The van der Waals surface area contributed by atoms with E-state index in [1.54, 1.807) is 0 Å². The molecule has 4 aliphatic carbocycles. The molecule has 0 radical (unpaired) electrons. The van der Waals surface area contributed by atoms with Crippen molar-refractivity contribution in [2.24, 2.45) is 40.4 Å². The fourth-order valence-electron chi connectivity index (χ4n) is 8.17. The Morgan fingerprint density at radius 2 is 1.67 bits per heavy atom. The van der Waals surface area contributed by atoms with Gasteiger partial charge in [0.05, 0.1) is 0 Å². The van der Waals surface area contributed by atoms with Gasteiger partial charge in [0.2, 0.25) is 5.91 Å². The lowest BCUT2D eigenvalue weighted by Gasteiger charge is -2.61. The van der Waals surface area contributed by atoms with Gasteiger partial charge >= 0.3 is 0 Å². The van der Waals surface area contributed by atoms with Gasteiger partial charge < -0.3 is 5.32 Å². The lowest BCUT2D eigenvalue weighted by Crippen LogP contribution is -2.58. The van der Waals surface area contributed by atoms with Crippen molar-refractivity contribution in [2.45, 2.75) is 111 Å². The molecule has 4 saturated carbocycles. The zero-order chi connectivity index (χ0) is 19.2. The first-order chi connectivity index (χ1) is 12.8. The van der Waals surface area contributed by atoms with E-state index in [0.29, 0.717) is 23.3 Å². The molecule has 1 amide bonds. The molecule has 0 aliphatic heterocycles. The Labute approximate surface area is 167 Å². The highest BCUT2D eigenvalue weighted by molar-refractivity contribution is 5.83. The molecule has 2 heteroatoms. The number of fused-ring (bicyclic) bond motifs is 3. The fraction of sp³-hybridized carbons (Fsp3) is 0.960. The predicted molar refractivity (Wildman–Crippen MR) is 112 cm³/mol. The molecule has 1 N–H and O–H groups in total. The van der Waals surface area contributed by atoms with Crippen molar-refractivity contribution in [2.75, 3.05) is 0 Å². The van der Waals surface area contributed by atoms with Crippen LogP contribution in [0.25, 0.3) is 0 Å². The van der Waals surface area contributed by atoms with Crippen LogP contribution in [0, 0.1) is 40.4 Å². The standard InChI is InChI=1S/C25H43NO/c1-17(2)18-10-12-21-19(16-18)11-13-22-24(21,3)14-7-15-25(22,4)23(27)26-20-8-5-6-9-20/h17-22H,5-16H2,1-4H3,(H,26,27)/t18?,19?,21-,22?,24-,25+/m1/s1. The summed E-state index contributed by atoms with van der Waals surface area (Å²) < 4.78 is 0. The average molecular weight is 374 g/mol. The van der Waals surface area contributed by atoms with Gasteiger partial charge in [0, 0.05) is 11.5 Å². The van der Waals surface area contributed by atoms with E-state index in [1.807, 2.05) is 0 Å². The van der Waals surface area contributed by atoms with E-state index in [0.717, 1.165) is 30.1 Å². The average Bonchev–Trinajstić information content (AvgIpc) is 3.14. The van der Waals surface area contributed by atoms with Crippen molar-refractivity contribution in [1.82, 2.24) is 5.32 Å². The molecular weight excluding hydrogens is 330 g/mol. The van der Waals surface area contributed by atoms with E-state index >= 15 is 0 Å². The SMILES string of the molecule is CC(C)C1CC[C@@H]2C(CCC3[C@]2(C)CCC[C@]3(C)C(=O)NC2CCCC2)C1. The van der Waals surface area contributed by atoms with Crippen molar-refractivity contribution in [1.29, 1.82) is 0 Å². The minimum absolute atomic E-state index is 0.130. The van der Waals surface area contributed by atoms with Crippen LogP contribution < -0.4 is 5.32 Å². The maximum atomic E-state index is 13.5. The summed E-state index contributed by atoms with van der Waals surface area (Å²) >= 11 is 0. The molecule has 0 bridgehead atoms. The summed E-state index contributed by atoms with van der Waals surface area (Å²) in [7, 11) is 0. The highest BCUT2D eigenvalue weighted by Crippen LogP contribution is 2.64. The maximum absolute atomic E-state index is 13.5. The lowest BCUT2D eigenvalue weighted by molar-refractivity contribution is -0.157. The maximum Gasteiger partial charge on any atom is 0.226 e. The second-order valence-electron chi connectivity index (χ2n) is 11.5. The van der Waals surface area contributed by atoms with Gasteiger partial charge in [0.15, 0.2) is 0 Å². The number of carbonyl (C=O) groups is 1. The van der Waals surface area contributed by atoms with Crippen molar-refractivity contribution in [3.63, 3.8) is 0 Å². The van der Waals surface area contributed by atoms with Crippen LogP contribution in [0.5, 0.6) is 0 Å². The van der Waals surface area contributed by atoms with Crippen molar-refractivity contribution < 1.29 is 4.79 Å². The van der Waals surface area contributed by atoms with E-state index < -0.39 is 0 Å². The van der Waals surface area contributed by atoms with Crippen molar-refractivity contribution in [3.8, 4) is 0 Å². The Morgan fingerprint density at radius 3 is 2.37 bits per heavy atom. The van der Waals surface area contributed by atoms with E-state index in [-0.39, 0.29) is 5.41 Å². The molecule has 4 rings (SSSR count). The molecule has 6 atom stereocenters. The third-order valence-electron chi connectivity index (χ3n) is 9.82. The van der Waals surface area contributed by atoms with E-state index in [2.05, 4.69) is 33.0 Å². The van der Waals surface area contributed by atoms with E-state index in [4.69, 9.17) is 0 Å². The molecule has 4 aliphatic rings. The highest BCUT2D eigenvalue weighted by atomic mass is 16.2. The molecule has 0 aromatic heterocycles. The number of hydrogen-bond acceptors (Lipinski definition) is 1. The summed E-state index contributed by atoms with van der Waals surface area (Å²) in [4.78, 5) is 13.5. The Morgan fingerprint density at radius 1 is 0.926 bits per heavy atom. The second kappa shape index (κ2) is 7.38. The van der Waals surface area contributed by atoms with Crippen LogP contribution in [0.1, 0.15) is 105 Å². The normalized spacial score (nSPS) is 45.4. The molecule has 2 nitrogen and oxygen atoms in total. The molecule has 3 unspecified atom stereocenters. The number of nitrogens with one attached hydrogen (secondary N) is 1. The number of carbonyl (C=O) groups excluding carboxylic acids is 1. The molecule has 0 saturated heterocycles.